The van der Waals surface area contributed by atoms with E-state index < -0.39 is 5.97 Å². The fraction of sp³-hybridized carbons (Fsp3) is 0.182. The van der Waals surface area contributed by atoms with Gasteiger partial charge >= 0.3 is 5.97 Å². The van der Waals surface area contributed by atoms with E-state index in [1.165, 1.54) is 0 Å². The van der Waals surface area contributed by atoms with Crippen LogP contribution in [0.5, 0.6) is 0 Å². The van der Waals surface area contributed by atoms with E-state index in [-0.39, 0.29) is 0 Å². The minimum Gasteiger partial charge on any atom is -0.478 e. The van der Waals surface area contributed by atoms with Gasteiger partial charge in [-0.15, -0.1) is 0 Å². The lowest BCUT2D eigenvalue weighted by molar-refractivity contribution is -0.130. The van der Waals surface area contributed by atoms with E-state index in [2.05, 4.69) is 5.32 Å². The molecule has 1 aromatic rings. The Balaban J connectivity index is 2.59. The number of anilines is 1. The van der Waals surface area contributed by atoms with Gasteiger partial charge < -0.3 is 10.4 Å². The van der Waals surface area contributed by atoms with Gasteiger partial charge in [-0.05, 0) is 12.5 Å². The van der Waals surface area contributed by atoms with Crippen molar-refractivity contribution < 1.29 is 9.90 Å². The summed E-state index contributed by atoms with van der Waals surface area (Å²) in [6.07, 6.45) is 1.70. The number of fused-ring (bicyclic) bond motifs is 1. The predicted molar refractivity (Wildman–Crippen MR) is 55.3 cm³/mol. The molecule has 0 aliphatic carbocycles. The second kappa shape index (κ2) is 3.18. The van der Waals surface area contributed by atoms with Gasteiger partial charge in [-0.2, -0.15) is 0 Å². The van der Waals surface area contributed by atoms with Crippen LogP contribution in [0.25, 0.3) is 5.57 Å². The number of para-hydroxylation sites is 1. The Morgan fingerprint density at radius 2 is 2.29 bits per heavy atom. The van der Waals surface area contributed by atoms with Gasteiger partial charge in [-0.3, -0.25) is 0 Å². The fourth-order valence-corrected chi connectivity index (χ4v) is 1.69. The molecule has 0 aromatic heterocycles. The molecule has 0 amide bonds. The lowest BCUT2D eigenvalue weighted by atomic mass is 9.98. The van der Waals surface area contributed by atoms with Gasteiger partial charge in [0.25, 0.3) is 0 Å². The molecule has 0 saturated heterocycles. The molecule has 0 radical (unpaired) electrons. The zero-order chi connectivity index (χ0) is 10.1. The molecular weight excluding hydrogens is 178 g/mol. The Morgan fingerprint density at radius 3 is 3.00 bits per heavy atom. The first kappa shape index (κ1) is 8.81. The van der Waals surface area contributed by atoms with Crippen LogP contribution in [0.1, 0.15) is 11.1 Å². The summed E-state index contributed by atoms with van der Waals surface area (Å²) < 4.78 is 0. The third kappa shape index (κ3) is 1.27. The van der Waals surface area contributed by atoms with Crippen LogP contribution < -0.4 is 5.32 Å². The highest BCUT2D eigenvalue weighted by Gasteiger charge is 2.18. The number of rotatable bonds is 1. The number of hydrogen-bond acceptors (Lipinski definition) is 2. The van der Waals surface area contributed by atoms with Crippen molar-refractivity contribution in [2.45, 2.75) is 6.92 Å². The normalized spacial score (nSPS) is 13.9. The number of aliphatic carboxylic acids is 1. The van der Waals surface area contributed by atoms with E-state index >= 15 is 0 Å². The number of carboxylic acids is 1. The summed E-state index contributed by atoms with van der Waals surface area (Å²) in [7, 11) is 0. The Kier molecular flexibility index (Phi) is 2.00. The topological polar surface area (TPSA) is 49.3 Å². The largest absolute Gasteiger partial charge is 0.478 e. The summed E-state index contributed by atoms with van der Waals surface area (Å²) in [5.41, 5.74) is 3.19. The number of benzene rings is 1. The first-order chi connectivity index (χ1) is 6.70. The average molecular weight is 189 g/mol. The van der Waals surface area contributed by atoms with Gasteiger partial charge in [0.2, 0.25) is 0 Å². The van der Waals surface area contributed by atoms with Crippen LogP contribution in [0, 0.1) is 6.92 Å². The minimum absolute atomic E-state index is 0.391. The minimum atomic E-state index is -0.863. The number of hydrogen-bond donors (Lipinski definition) is 2. The van der Waals surface area contributed by atoms with Gasteiger partial charge in [0, 0.05) is 17.8 Å². The molecule has 1 aliphatic heterocycles. The lowest BCUT2D eigenvalue weighted by Gasteiger charge is -2.18. The third-order valence-corrected chi connectivity index (χ3v) is 2.38. The van der Waals surface area contributed by atoms with Gasteiger partial charge in [0.05, 0.1) is 5.57 Å². The molecule has 0 spiro atoms. The Hall–Kier alpha value is -1.77. The molecule has 1 aromatic carbocycles. The molecule has 0 unspecified atom stereocenters. The first-order valence-corrected chi connectivity index (χ1v) is 4.47. The van der Waals surface area contributed by atoms with Crippen molar-refractivity contribution in [1.29, 1.82) is 0 Å². The fourth-order valence-electron chi connectivity index (χ4n) is 1.69. The van der Waals surface area contributed by atoms with Gasteiger partial charge in [-0.25, -0.2) is 4.79 Å². The van der Waals surface area contributed by atoms with Crippen molar-refractivity contribution in [2.24, 2.45) is 0 Å². The number of nitrogens with one attached hydrogen (secondary N) is 1. The molecular formula is C11H11NO2. The predicted octanol–water partition coefficient (Wildman–Crippen LogP) is 1.89. The molecule has 72 valence electrons. The van der Waals surface area contributed by atoms with Crippen molar-refractivity contribution >= 4 is 17.2 Å². The molecule has 3 nitrogen and oxygen atoms in total. The highest BCUT2D eigenvalue weighted by molar-refractivity contribution is 6.18. The van der Waals surface area contributed by atoms with Gasteiger partial charge in [0.1, 0.15) is 0 Å². The van der Waals surface area contributed by atoms with Crippen molar-refractivity contribution in [3.05, 3.63) is 35.4 Å². The van der Waals surface area contributed by atoms with E-state index in [0.29, 0.717) is 12.1 Å². The summed E-state index contributed by atoms with van der Waals surface area (Å²) in [4.78, 5) is 10.9. The zero-order valence-electron chi connectivity index (χ0n) is 7.87. The Bertz CT molecular complexity index is 421. The molecule has 14 heavy (non-hydrogen) atoms. The van der Waals surface area contributed by atoms with E-state index in [9.17, 15) is 4.79 Å². The van der Waals surface area contributed by atoms with Gasteiger partial charge in [0.15, 0.2) is 0 Å². The van der Waals surface area contributed by atoms with E-state index in [0.717, 1.165) is 16.8 Å². The summed E-state index contributed by atoms with van der Waals surface area (Å²) in [5, 5.41) is 12.2. The monoisotopic (exact) mass is 189 g/mol. The maximum atomic E-state index is 10.9. The van der Waals surface area contributed by atoms with Crippen LogP contribution in [0.4, 0.5) is 5.69 Å². The molecule has 0 fully saturated rings. The first-order valence-electron chi connectivity index (χ1n) is 4.47. The van der Waals surface area contributed by atoms with Crippen molar-refractivity contribution in [1.82, 2.24) is 0 Å². The number of carboxylic acid groups (broad SMARTS) is 1. The second-order valence-electron chi connectivity index (χ2n) is 3.30. The molecule has 3 heteroatoms. The van der Waals surface area contributed by atoms with Crippen LogP contribution in [0.3, 0.4) is 0 Å². The van der Waals surface area contributed by atoms with Crippen molar-refractivity contribution in [3.8, 4) is 0 Å². The number of carbonyl (C=O) groups is 1. The molecule has 0 bridgehead atoms. The summed E-state index contributed by atoms with van der Waals surface area (Å²) in [6, 6.07) is 5.67. The summed E-state index contributed by atoms with van der Waals surface area (Å²) in [5.74, 6) is -0.863. The van der Waals surface area contributed by atoms with Crippen molar-refractivity contribution in [3.63, 3.8) is 0 Å². The molecule has 0 atom stereocenters. The Morgan fingerprint density at radius 1 is 1.50 bits per heavy atom. The average Bonchev–Trinajstić information content (AvgIpc) is 2.17. The third-order valence-electron chi connectivity index (χ3n) is 2.38. The molecule has 1 heterocycles. The quantitative estimate of drug-likeness (QED) is 0.709. The maximum absolute atomic E-state index is 10.9. The summed E-state index contributed by atoms with van der Waals surface area (Å²) >= 11 is 0. The zero-order valence-corrected chi connectivity index (χ0v) is 7.87. The maximum Gasteiger partial charge on any atom is 0.336 e. The van der Waals surface area contributed by atoms with Crippen LogP contribution in [0.2, 0.25) is 0 Å². The smallest absolute Gasteiger partial charge is 0.336 e. The standard InChI is InChI=1S/C11H11NO2/c1-7-3-2-4-8-9(11(13)14)5-6-12-10(7)8/h2-5,12H,6H2,1H3,(H,13,14). The Labute approximate surface area is 82.1 Å². The highest BCUT2D eigenvalue weighted by atomic mass is 16.4. The molecule has 1 aliphatic rings. The highest BCUT2D eigenvalue weighted by Crippen LogP contribution is 2.30. The van der Waals surface area contributed by atoms with Crippen molar-refractivity contribution in [2.75, 3.05) is 11.9 Å². The van der Waals surface area contributed by atoms with Crippen LogP contribution in [-0.4, -0.2) is 17.6 Å². The van der Waals surface area contributed by atoms with Crippen LogP contribution in [0.15, 0.2) is 24.3 Å². The van der Waals surface area contributed by atoms with E-state index in [1.807, 2.05) is 25.1 Å². The van der Waals surface area contributed by atoms with Crippen LogP contribution >= 0.6 is 0 Å². The molecule has 2 N–H and O–H groups in total. The molecule has 0 saturated carbocycles. The SMILES string of the molecule is Cc1cccc2c1NCC=C2C(=O)O. The summed E-state index contributed by atoms with van der Waals surface area (Å²) in [6.45, 7) is 2.55. The molecule has 2 rings (SSSR count). The second-order valence-corrected chi connectivity index (χ2v) is 3.30. The van der Waals surface area contributed by atoms with Gasteiger partial charge in [-0.1, -0.05) is 24.3 Å². The lowest BCUT2D eigenvalue weighted by Crippen LogP contribution is -2.13. The van der Waals surface area contributed by atoms with E-state index in [1.54, 1.807) is 6.08 Å². The van der Waals surface area contributed by atoms with Crippen LogP contribution in [-0.2, 0) is 4.79 Å². The number of aryl methyl sites for hydroxylation is 1. The van der Waals surface area contributed by atoms with E-state index in [4.69, 9.17) is 5.11 Å².